The smallest absolute Gasteiger partial charge is 0.320 e. The number of carbonyl (C=O) groups is 1. The van der Waals surface area contributed by atoms with E-state index < -0.39 is 0 Å². The molecule has 2 aromatic rings. The molecule has 0 bridgehead atoms. The monoisotopic (exact) mass is 326 g/mol. The molecule has 0 fully saturated rings. The number of anilines is 1. The first kappa shape index (κ1) is 17.2. The number of aryl methyl sites for hydroxylation is 1. The van der Waals surface area contributed by atoms with Gasteiger partial charge in [0.15, 0.2) is 0 Å². The van der Waals surface area contributed by atoms with Crippen molar-refractivity contribution in [1.82, 2.24) is 9.97 Å². The fourth-order valence-electron chi connectivity index (χ4n) is 2.33. The van der Waals surface area contributed by atoms with Crippen LogP contribution in [0.25, 0.3) is 0 Å². The topological polar surface area (TPSA) is 88.3 Å². The van der Waals surface area contributed by atoms with E-state index >= 15 is 0 Å². The van der Waals surface area contributed by atoms with Crippen molar-refractivity contribution in [2.24, 2.45) is 0 Å². The number of hydrogen-bond acceptors (Lipinski definition) is 7. The number of ether oxygens (including phenoxy) is 2. The fourth-order valence-corrected chi connectivity index (χ4v) is 2.33. The number of ketones is 1. The first-order chi connectivity index (χ1) is 11.4. The molecule has 2 rings (SSSR count). The van der Waals surface area contributed by atoms with E-state index in [1.165, 1.54) is 20.3 Å². The number of rotatable bonds is 5. The predicted molar refractivity (Wildman–Crippen MR) is 88.8 cm³/mol. The molecular weight excluding hydrogens is 308 g/mol. The van der Waals surface area contributed by atoms with Crippen LogP contribution >= 0.6 is 0 Å². The molecule has 0 unspecified atom stereocenters. The van der Waals surface area contributed by atoms with Gasteiger partial charge >= 0.3 is 6.01 Å². The number of carbonyl (C=O) groups excluding carboxylic acids is 1. The largest absolute Gasteiger partial charge is 0.479 e. The summed E-state index contributed by atoms with van der Waals surface area (Å²) in [6, 6.07) is 7.05. The van der Waals surface area contributed by atoms with Crippen molar-refractivity contribution in [2.75, 3.05) is 33.2 Å². The first-order valence-electron chi connectivity index (χ1n) is 7.15. The minimum Gasteiger partial charge on any atom is -0.479 e. The van der Waals surface area contributed by atoms with Crippen LogP contribution in [0.2, 0.25) is 0 Å². The van der Waals surface area contributed by atoms with Crippen LogP contribution in [0, 0.1) is 18.3 Å². The van der Waals surface area contributed by atoms with Crippen LogP contribution in [0.15, 0.2) is 18.2 Å². The van der Waals surface area contributed by atoms with E-state index in [4.69, 9.17) is 14.7 Å². The van der Waals surface area contributed by atoms with Gasteiger partial charge in [0.2, 0.25) is 11.7 Å². The molecule has 1 aromatic heterocycles. The van der Waals surface area contributed by atoms with Crippen LogP contribution in [-0.4, -0.2) is 44.1 Å². The van der Waals surface area contributed by atoms with E-state index in [-0.39, 0.29) is 23.4 Å². The summed E-state index contributed by atoms with van der Waals surface area (Å²) in [4.78, 5) is 23.0. The molecule has 0 saturated heterocycles. The van der Waals surface area contributed by atoms with Gasteiger partial charge in [-0.25, -0.2) is 0 Å². The SMILES string of the molecule is COc1nc(OC)c(N(C)C)c(C(=O)c2cc(C)cc(C#N)c2)n1. The Hall–Kier alpha value is -3.14. The molecule has 0 saturated carbocycles. The Labute approximate surface area is 140 Å². The summed E-state index contributed by atoms with van der Waals surface area (Å²) in [5, 5.41) is 9.11. The van der Waals surface area contributed by atoms with Crippen molar-refractivity contribution >= 4 is 11.5 Å². The Morgan fingerprint density at radius 2 is 1.88 bits per heavy atom. The van der Waals surface area contributed by atoms with Crippen LogP contribution in [0.4, 0.5) is 5.69 Å². The van der Waals surface area contributed by atoms with Gasteiger partial charge < -0.3 is 14.4 Å². The highest BCUT2D eigenvalue weighted by atomic mass is 16.5. The molecular formula is C17H18N4O3. The molecule has 0 radical (unpaired) electrons. The van der Waals surface area contributed by atoms with Crippen LogP contribution in [0.1, 0.15) is 27.2 Å². The lowest BCUT2D eigenvalue weighted by Crippen LogP contribution is -2.19. The highest BCUT2D eigenvalue weighted by molar-refractivity contribution is 6.11. The van der Waals surface area contributed by atoms with Crippen LogP contribution in [0.5, 0.6) is 11.9 Å². The van der Waals surface area contributed by atoms with Crippen molar-refractivity contribution in [3.05, 3.63) is 40.6 Å². The third kappa shape index (κ3) is 3.27. The second-order valence-corrected chi connectivity index (χ2v) is 5.34. The van der Waals surface area contributed by atoms with Gasteiger partial charge in [0, 0.05) is 19.7 Å². The number of benzene rings is 1. The Bertz CT molecular complexity index is 825. The van der Waals surface area contributed by atoms with E-state index in [9.17, 15) is 4.79 Å². The zero-order valence-electron chi connectivity index (χ0n) is 14.2. The number of methoxy groups -OCH3 is 2. The second kappa shape index (κ2) is 6.96. The summed E-state index contributed by atoms with van der Waals surface area (Å²) in [5.41, 5.74) is 2.20. The van der Waals surface area contributed by atoms with Gasteiger partial charge in [-0.2, -0.15) is 15.2 Å². The first-order valence-corrected chi connectivity index (χ1v) is 7.15. The standard InChI is InChI=1S/C17H18N4O3/c1-10-6-11(9-18)8-12(7-10)15(22)13-14(21(2)3)16(23-4)20-17(19-13)24-5/h6-8H,1-5H3. The predicted octanol–water partition coefficient (Wildman–Crippen LogP) is 1.97. The molecule has 124 valence electrons. The zero-order valence-corrected chi connectivity index (χ0v) is 14.2. The van der Waals surface area contributed by atoms with Gasteiger partial charge in [0.25, 0.3) is 0 Å². The molecule has 0 atom stereocenters. The van der Waals surface area contributed by atoms with Crippen molar-refractivity contribution in [2.45, 2.75) is 6.92 Å². The minimum absolute atomic E-state index is 0.0361. The maximum absolute atomic E-state index is 13.0. The molecule has 0 aliphatic heterocycles. The lowest BCUT2D eigenvalue weighted by atomic mass is 10.0. The average molecular weight is 326 g/mol. The van der Waals surface area contributed by atoms with Gasteiger partial charge in [-0.1, -0.05) is 0 Å². The van der Waals surface area contributed by atoms with Crippen LogP contribution in [0.3, 0.4) is 0 Å². The maximum atomic E-state index is 13.0. The maximum Gasteiger partial charge on any atom is 0.320 e. The third-order valence-electron chi connectivity index (χ3n) is 3.34. The molecule has 1 aromatic carbocycles. The summed E-state index contributed by atoms with van der Waals surface area (Å²) < 4.78 is 10.3. The molecule has 0 aliphatic carbocycles. The third-order valence-corrected chi connectivity index (χ3v) is 3.34. The van der Waals surface area contributed by atoms with Crippen LogP contribution in [-0.2, 0) is 0 Å². The van der Waals surface area contributed by atoms with Gasteiger partial charge in [-0.05, 0) is 30.7 Å². The lowest BCUT2D eigenvalue weighted by molar-refractivity contribution is 0.103. The van der Waals surface area contributed by atoms with Gasteiger partial charge in [-0.15, -0.1) is 0 Å². The summed E-state index contributed by atoms with van der Waals surface area (Å²) in [6.07, 6.45) is 0. The van der Waals surface area contributed by atoms with Gasteiger partial charge in [0.1, 0.15) is 11.4 Å². The molecule has 1 heterocycles. The Kier molecular flexibility index (Phi) is 4.99. The fraction of sp³-hybridized carbons (Fsp3) is 0.294. The van der Waals surface area contributed by atoms with E-state index in [2.05, 4.69) is 16.0 Å². The molecule has 0 N–H and O–H groups in total. The van der Waals surface area contributed by atoms with E-state index in [0.29, 0.717) is 16.8 Å². The summed E-state index contributed by atoms with van der Waals surface area (Å²) in [7, 11) is 6.41. The highest BCUT2D eigenvalue weighted by Gasteiger charge is 2.24. The van der Waals surface area contributed by atoms with E-state index in [1.54, 1.807) is 31.1 Å². The quantitative estimate of drug-likeness (QED) is 0.776. The van der Waals surface area contributed by atoms with E-state index in [1.807, 2.05) is 6.92 Å². The summed E-state index contributed by atoms with van der Waals surface area (Å²) in [5.74, 6) is -0.0961. The Balaban J connectivity index is 2.68. The summed E-state index contributed by atoms with van der Waals surface area (Å²) in [6.45, 7) is 1.83. The molecule has 0 aliphatic rings. The number of hydrogen-bond donors (Lipinski definition) is 0. The molecule has 0 amide bonds. The second-order valence-electron chi connectivity index (χ2n) is 5.34. The lowest BCUT2D eigenvalue weighted by Gasteiger charge is -2.19. The summed E-state index contributed by atoms with van der Waals surface area (Å²) >= 11 is 0. The van der Waals surface area contributed by atoms with Gasteiger partial charge in [-0.3, -0.25) is 4.79 Å². The van der Waals surface area contributed by atoms with Crippen molar-refractivity contribution in [3.8, 4) is 18.0 Å². The molecule has 7 nitrogen and oxygen atoms in total. The molecule has 24 heavy (non-hydrogen) atoms. The average Bonchev–Trinajstić information content (AvgIpc) is 2.58. The number of nitrogens with zero attached hydrogens (tertiary/aromatic N) is 4. The van der Waals surface area contributed by atoms with Gasteiger partial charge in [0.05, 0.1) is 25.9 Å². The minimum atomic E-state index is -0.335. The van der Waals surface area contributed by atoms with Crippen molar-refractivity contribution in [3.63, 3.8) is 0 Å². The number of aromatic nitrogens is 2. The van der Waals surface area contributed by atoms with E-state index in [0.717, 1.165) is 5.56 Å². The van der Waals surface area contributed by atoms with Crippen molar-refractivity contribution in [1.29, 1.82) is 5.26 Å². The van der Waals surface area contributed by atoms with Crippen LogP contribution < -0.4 is 14.4 Å². The highest BCUT2D eigenvalue weighted by Crippen LogP contribution is 2.31. The Morgan fingerprint density at radius 1 is 1.17 bits per heavy atom. The molecule has 7 heteroatoms. The molecule has 0 spiro atoms. The Morgan fingerprint density at radius 3 is 2.42 bits per heavy atom. The normalized spacial score (nSPS) is 10.0. The number of nitriles is 1. The van der Waals surface area contributed by atoms with Crippen molar-refractivity contribution < 1.29 is 14.3 Å². The zero-order chi connectivity index (χ0) is 17.9.